The molecule has 0 unspecified atom stereocenters. The predicted molar refractivity (Wildman–Crippen MR) is 97.4 cm³/mol. The van der Waals surface area contributed by atoms with Crippen LogP contribution in [0, 0.1) is 6.92 Å². The molecular weight excluding hydrogens is 318 g/mol. The van der Waals surface area contributed by atoms with Gasteiger partial charge in [-0.05, 0) is 36.2 Å². The molecule has 0 heterocycles. The highest BCUT2D eigenvalue weighted by Crippen LogP contribution is 2.27. The van der Waals surface area contributed by atoms with E-state index in [1.54, 1.807) is 12.1 Å². The van der Waals surface area contributed by atoms with E-state index in [2.05, 4.69) is 0 Å². The van der Waals surface area contributed by atoms with E-state index >= 15 is 0 Å². The maximum absolute atomic E-state index is 13.3. The van der Waals surface area contributed by atoms with Crippen LogP contribution in [0.15, 0.2) is 89.8 Å². The van der Waals surface area contributed by atoms with E-state index in [1.165, 1.54) is 4.31 Å². The van der Waals surface area contributed by atoms with Gasteiger partial charge in [-0.15, -0.1) is 0 Å². The molecule has 0 saturated heterocycles. The van der Waals surface area contributed by atoms with Crippen molar-refractivity contribution in [1.82, 2.24) is 0 Å². The van der Waals surface area contributed by atoms with Crippen molar-refractivity contribution in [3.05, 3.63) is 96.1 Å². The summed E-state index contributed by atoms with van der Waals surface area (Å²) in [6.07, 6.45) is 0. The number of anilines is 1. The number of benzene rings is 3. The van der Waals surface area contributed by atoms with Gasteiger partial charge in [-0.2, -0.15) is 0 Å². The molecule has 0 bridgehead atoms. The summed E-state index contributed by atoms with van der Waals surface area (Å²) >= 11 is 0. The monoisotopic (exact) mass is 337 g/mol. The fraction of sp³-hybridized carbons (Fsp3) is 0.100. The van der Waals surface area contributed by atoms with Crippen molar-refractivity contribution >= 4 is 15.7 Å². The first-order valence-electron chi connectivity index (χ1n) is 7.76. The van der Waals surface area contributed by atoms with E-state index in [1.807, 2.05) is 79.7 Å². The van der Waals surface area contributed by atoms with Crippen LogP contribution >= 0.6 is 0 Å². The largest absolute Gasteiger partial charge is 0.264 e. The summed E-state index contributed by atoms with van der Waals surface area (Å²) in [5.74, 6) is 0. The first-order chi connectivity index (χ1) is 11.6. The Kier molecular flexibility index (Phi) is 4.67. The van der Waals surface area contributed by atoms with Crippen molar-refractivity contribution in [2.75, 3.05) is 4.31 Å². The molecule has 3 aromatic rings. The van der Waals surface area contributed by atoms with Crippen LogP contribution in [0.3, 0.4) is 0 Å². The lowest BCUT2D eigenvalue weighted by Gasteiger charge is -2.25. The van der Waals surface area contributed by atoms with E-state index in [-0.39, 0.29) is 0 Å². The topological polar surface area (TPSA) is 37.4 Å². The smallest absolute Gasteiger partial charge is 0.262 e. The average molecular weight is 337 g/mol. The number of hydrogen-bond donors (Lipinski definition) is 0. The Bertz CT molecular complexity index is 907. The van der Waals surface area contributed by atoms with Gasteiger partial charge in [-0.25, -0.2) is 8.42 Å². The minimum absolute atomic E-state index is 0.293. The Morgan fingerprint density at radius 3 is 1.92 bits per heavy atom. The fourth-order valence-electron chi connectivity index (χ4n) is 2.62. The molecule has 0 aliphatic rings. The predicted octanol–water partition coefficient (Wildman–Crippen LogP) is 4.39. The third kappa shape index (κ3) is 3.34. The van der Waals surface area contributed by atoms with Crippen LogP contribution in [0.1, 0.15) is 11.1 Å². The number of sulfonamides is 1. The quantitative estimate of drug-likeness (QED) is 0.692. The molecule has 0 amide bonds. The van der Waals surface area contributed by atoms with E-state index in [4.69, 9.17) is 0 Å². The van der Waals surface area contributed by atoms with Gasteiger partial charge >= 0.3 is 0 Å². The van der Waals surface area contributed by atoms with Gasteiger partial charge in [0, 0.05) is 0 Å². The highest BCUT2D eigenvalue weighted by molar-refractivity contribution is 7.92. The van der Waals surface area contributed by atoms with Crippen molar-refractivity contribution < 1.29 is 8.42 Å². The van der Waals surface area contributed by atoms with Crippen LogP contribution in [-0.2, 0) is 16.6 Å². The van der Waals surface area contributed by atoms with E-state index in [0.717, 1.165) is 11.1 Å². The van der Waals surface area contributed by atoms with E-state index < -0.39 is 10.0 Å². The lowest BCUT2D eigenvalue weighted by atomic mass is 10.2. The molecule has 0 spiro atoms. The molecule has 3 nitrogen and oxygen atoms in total. The first-order valence-corrected chi connectivity index (χ1v) is 9.20. The Balaban J connectivity index is 2.09. The first kappa shape index (κ1) is 16.3. The van der Waals surface area contributed by atoms with E-state index in [0.29, 0.717) is 17.1 Å². The van der Waals surface area contributed by atoms with Crippen molar-refractivity contribution in [2.24, 2.45) is 0 Å². The molecule has 0 aliphatic heterocycles. The summed E-state index contributed by atoms with van der Waals surface area (Å²) in [4.78, 5) is 0.338. The molecule has 0 aliphatic carbocycles. The van der Waals surface area contributed by atoms with Crippen LogP contribution in [0.2, 0.25) is 0 Å². The number of hydrogen-bond acceptors (Lipinski definition) is 2. The second kappa shape index (κ2) is 6.89. The molecule has 0 N–H and O–H groups in total. The Labute approximate surface area is 143 Å². The second-order valence-corrected chi connectivity index (χ2v) is 7.43. The molecule has 0 radical (unpaired) electrons. The zero-order valence-corrected chi connectivity index (χ0v) is 14.3. The fourth-order valence-corrected chi connectivity index (χ4v) is 4.30. The van der Waals surface area contributed by atoms with Gasteiger partial charge in [-0.3, -0.25) is 4.31 Å². The molecular formula is C20H19NO2S. The highest BCUT2D eigenvalue weighted by Gasteiger charge is 2.26. The standard InChI is InChI=1S/C20H19NO2S/c1-17-10-8-9-15-20(17)24(22,23)21(19-13-6-3-7-14-19)16-18-11-4-2-5-12-18/h2-15H,16H2,1H3. The SMILES string of the molecule is Cc1ccccc1S(=O)(=O)N(Cc1ccccc1)c1ccccc1. The minimum atomic E-state index is -3.65. The van der Waals surface area contributed by atoms with Gasteiger partial charge in [0.05, 0.1) is 17.1 Å². The lowest BCUT2D eigenvalue weighted by Crippen LogP contribution is -2.31. The van der Waals surface area contributed by atoms with Gasteiger partial charge in [0.15, 0.2) is 0 Å². The van der Waals surface area contributed by atoms with Gasteiger partial charge in [0.1, 0.15) is 0 Å². The Morgan fingerprint density at radius 1 is 0.750 bits per heavy atom. The second-order valence-electron chi connectivity index (χ2n) is 5.60. The summed E-state index contributed by atoms with van der Waals surface area (Å²) in [7, 11) is -3.65. The number of aryl methyl sites for hydroxylation is 1. The van der Waals surface area contributed by atoms with Crippen molar-refractivity contribution in [3.8, 4) is 0 Å². The highest BCUT2D eigenvalue weighted by atomic mass is 32.2. The molecule has 0 atom stereocenters. The number of rotatable bonds is 5. The third-order valence-corrected chi connectivity index (χ3v) is 5.81. The van der Waals surface area contributed by atoms with Gasteiger partial charge in [0.25, 0.3) is 10.0 Å². The summed E-state index contributed by atoms with van der Waals surface area (Å²) < 4.78 is 28.0. The minimum Gasteiger partial charge on any atom is -0.262 e. The third-order valence-electron chi connectivity index (χ3n) is 3.87. The lowest BCUT2D eigenvalue weighted by molar-refractivity contribution is 0.590. The van der Waals surface area contributed by atoms with Crippen LogP contribution in [-0.4, -0.2) is 8.42 Å². The van der Waals surface area contributed by atoms with Crippen molar-refractivity contribution in [2.45, 2.75) is 18.4 Å². The molecule has 0 saturated carbocycles. The molecule has 4 heteroatoms. The Morgan fingerprint density at radius 2 is 1.29 bits per heavy atom. The van der Waals surface area contributed by atoms with Crippen molar-refractivity contribution in [3.63, 3.8) is 0 Å². The maximum atomic E-state index is 13.3. The summed E-state index contributed by atoms with van der Waals surface area (Å²) in [5, 5.41) is 0. The Hall–Kier alpha value is -2.59. The summed E-state index contributed by atoms with van der Waals surface area (Å²) in [6.45, 7) is 2.11. The van der Waals surface area contributed by atoms with Gasteiger partial charge in [0.2, 0.25) is 0 Å². The molecule has 0 fully saturated rings. The average Bonchev–Trinajstić information content (AvgIpc) is 2.61. The van der Waals surface area contributed by atoms with E-state index in [9.17, 15) is 8.42 Å². The van der Waals surface area contributed by atoms with Crippen LogP contribution in [0.5, 0.6) is 0 Å². The molecule has 3 rings (SSSR count). The molecule has 122 valence electrons. The zero-order chi connectivity index (χ0) is 17.0. The van der Waals surface area contributed by atoms with Crippen molar-refractivity contribution in [1.29, 1.82) is 0 Å². The zero-order valence-electron chi connectivity index (χ0n) is 13.5. The van der Waals surface area contributed by atoms with Gasteiger partial charge < -0.3 is 0 Å². The molecule has 0 aromatic heterocycles. The van der Waals surface area contributed by atoms with Crippen LogP contribution < -0.4 is 4.31 Å². The van der Waals surface area contributed by atoms with Crippen LogP contribution in [0.25, 0.3) is 0 Å². The molecule has 24 heavy (non-hydrogen) atoms. The molecule has 3 aromatic carbocycles. The summed E-state index contributed by atoms with van der Waals surface area (Å²) in [6, 6.07) is 25.9. The number of nitrogens with zero attached hydrogens (tertiary/aromatic N) is 1. The number of para-hydroxylation sites is 1. The normalized spacial score (nSPS) is 11.2. The maximum Gasteiger partial charge on any atom is 0.264 e. The summed E-state index contributed by atoms with van der Waals surface area (Å²) in [5.41, 5.74) is 2.34. The van der Waals surface area contributed by atoms with Gasteiger partial charge in [-0.1, -0.05) is 66.7 Å². The van der Waals surface area contributed by atoms with Crippen LogP contribution in [0.4, 0.5) is 5.69 Å².